The van der Waals surface area contributed by atoms with Gasteiger partial charge >= 0.3 is 0 Å². The van der Waals surface area contributed by atoms with Crippen molar-refractivity contribution < 1.29 is 14.1 Å². The number of nitro groups is 1. The van der Waals surface area contributed by atoms with Gasteiger partial charge in [-0.05, 0) is 42.3 Å². The van der Waals surface area contributed by atoms with Crippen LogP contribution in [-0.4, -0.2) is 12.0 Å². The van der Waals surface area contributed by atoms with Crippen molar-refractivity contribution in [2.75, 3.05) is 12.4 Å². The number of hydrogen-bond acceptors (Lipinski definition) is 4. The number of hydrogen-bond donors (Lipinski definition) is 1. The van der Waals surface area contributed by atoms with Crippen molar-refractivity contribution >= 4 is 11.4 Å². The second-order valence-electron chi connectivity index (χ2n) is 4.56. The van der Waals surface area contributed by atoms with Crippen molar-refractivity contribution in [2.24, 2.45) is 0 Å². The minimum Gasteiger partial charge on any atom is -0.489 e. The molecule has 0 aliphatic rings. The van der Waals surface area contributed by atoms with Crippen molar-refractivity contribution in [1.29, 1.82) is 0 Å². The zero-order valence-electron chi connectivity index (χ0n) is 11.7. The van der Waals surface area contributed by atoms with Gasteiger partial charge in [-0.1, -0.05) is 6.07 Å². The van der Waals surface area contributed by atoms with Crippen LogP contribution in [0.15, 0.2) is 36.4 Å². The van der Waals surface area contributed by atoms with E-state index >= 15 is 0 Å². The van der Waals surface area contributed by atoms with Gasteiger partial charge in [-0.25, -0.2) is 4.39 Å². The summed E-state index contributed by atoms with van der Waals surface area (Å²) >= 11 is 0. The second kappa shape index (κ2) is 6.21. The summed E-state index contributed by atoms with van der Waals surface area (Å²) in [5, 5.41) is 13.8. The van der Waals surface area contributed by atoms with Gasteiger partial charge in [0, 0.05) is 13.1 Å². The Morgan fingerprint density at radius 3 is 2.67 bits per heavy atom. The van der Waals surface area contributed by atoms with E-state index < -0.39 is 4.92 Å². The van der Waals surface area contributed by atoms with Crippen LogP contribution >= 0.6 is 0 Å². The van der Waals surface area contributed by atoms with E-state index in [4.69, 9.17) is 4.74 Å². The first-order chi connectivity index (χ1) is 10.0. The molecule has 0 heterocycles. The molecule has 0 aromatic heterocycles. The Labute approximate surface area is 121 Å². The van der Waals surface area contributed by atoms with Gasteiger partial charge in [0.2, 0.25) is 0 Å². The van der Waals surface area contributed by atoms with E-state index in [1.165, 1.54) is 18.2 Å². The molecule has 0 amide bonds. The van der Waals surface area contributed by atoms with Crippen molar-refractivity contribution in [3.63, 3.8) is 0 Å². The van der Waals surface area contributed by atoms with Crippen molar-refractivity contribution in [1.82, 2.24) is 0 Å². The first-order valence-electron chi connectivity index (χ1n) is 6.35. The monoisotopic (exact) mass is 290 g/mol. The molecule has 0 saturated heterocycles. The third kappa shape index (κ3) is 3.47. The fraction of sp³-hybridized carbons (Fsp3) is 0.200. The predicted octanol–water partition coefficient (Wildman–Crippen LogP) is 3.66. The molecule has 2 rings (SSSR count). The van der Waals surface area contributed by atoms with E-state index in [0.29, 0.717) is 22.6 Å². The van der Waals surface area contributed by atoms with Gasteiger partial charge in [-0.15, -0.1) is 0 Å². The maximum absolute atomic E-state index is 13.0. The van der Waals surface area contributed by atoms with Crippen LogP contribution < -0.4 is 10.1 Å². The molecule has 2 aromatic rings. The summed E-state index contributed by atoms with van der Waals surface area (Å²) in [6.07, 6.45) is 0. The number of nitro benzene ring substituents is 1. The molecule has 5 nitrogen and oxygen atoms in total. The van der Waals surface area contributed by atoms with E-state index in [0.717, 1.165) is 0 Å². The van der Waals surface area contributed by atoms with Crippen molar-refractivity contribution in [3.05, 3.63) is 63.5 Å². The van der Waals surface area contributed by atoms with Crippen LogP contribution in [0.4, 0.5) is 15.8 Å². The third-order valence-corrected chi connectivity index (χ3v) is 3.06. The van der Waals surface area contributed by atoms with Crippen LogP contribution in [-0.2, 0) is 6.61 Å². The highest BCUT2D eigenvalue weighted by Crippen LogP contribution is 2.26. The largest absolute Gasteiger partial charge is 0.489 e. The van der Waals surface area contributed by atoms with Crippen LogP contribution in [0.25, 0.3) is 0 Å². The van der Waals surface area contributed by atoms with E-state index in [1.807, 2.05) is 0 Å². The lowest BCUT2D eigenvalue weighted by atomic mass is 10.1. The molecule has 110 valence electrons. The summed E-state index contributed by atoms with van der Waals surface area (Å²) in [5.74, 6) is 0.227. The number of halogens is 1. The van der Waals surface area contributed by atoms with Gasteiger partial charge in [0.05, 0.1) is 4.92 Å². The summed E-state index contributed by atoms with van der Waals surface area (Å²) in [4.78, 5) is 10.5. The van der Waals surface area contributed by atoms with Crippen LogP contribution in [0, 0.1) is 22.9 Å². The van der Waals surface area contributed by atoms with E-state index in [-0.39, 0.29) is 18.1 Å². The maximum atomic E-state index is 13.0. The number of rotatable bonds is 5. The zero-order valence-corrected chi connectivity index (χ0v) is 11.7. The fourth-order valence-corrected chi connectivity index (χ4v) is 1.97. The third-order valence-electron chi connectivity index (χ3n) is 3.06. The van der Waals surface area contributed by atoms with Gasteiger partial charge in [0.1, 0.15) is 23.9 Å². The molecular weight excluding hydrogens is 275 g/mol. The highest BCUT2D eigenvalue weighted by atomic mass is 19.1. The Kier molecular flexibility index (Phi) is 4.37. The fourth-order valence-electron chi connectivity index (χ4n) is 1.97. The Morgan fingerprint density at radius 1 is 1.29 bits per heavy atom. The Hall–Kier alpha value is -2.63. The quantitative estimate of drug-likeness (QED) is 0.674. The zero-order chi connectivity index (χ0) is 15.4. The number of aryl methyl sites for hydroxylation is 1. The highest BCUT2D eigenvalue weighted by molar-refractivity contribution is 5.62. The molecule has 6 heteroatoms. The van der Waals surface area contributed by atoms with Crippen LogP contribution in [0.2, 0.25) is 0 Å². The summed E-state index contributed by atoms with van der Waals surface area (Å²) in [5.41, 5.74) is 1.79. The van der Waals surface area contributed by atoms with Crippen LogP contribution in [0.1, 0.15) is 11.1 Å². The van der Waals surface area contributed by atoms with Gasteiger partial charge in [-0.2, -0.15) is 0 Å². The molecule has 0 unspecified atom stereocenters. The summed E-state index contributed by atoms with van der Waals surface area (Å²) in [6.45, 7) is 1.92. The number of benzene rings is 2. The number of nitrogens with one attached hydrogen (secondary N) is 1. The number of anilines is 1. The van der Waals surface area contributed by atoms with Gasteiger partial charge in [0.25, 0.3) is 5.69 Å². The van der Waals surface area contributed by atoms with E-state index in [2.05, 4.69) is 5.32 Å². The van der Waals surface area contributed by atoms with E-state index in [9.17, 15) is 14.5 Å². The molecule has 0 bridgehead atoms. The molecule has 2 aromatic carbocycles. The Balaban J connectivity index is 2.16. The standard InChI is InChI=1S/C15H15FN2O3/c1-10-7-12(16)4-6-15(10)21-9-11-3-5-13(17-2)14(8-11)18(19)20/h3-8,17H,9H2,1-2H3. The smallest absolute Gasteiger partial charge is 0.292 e. The highest BCUT2D eigenvalue weighted by Gasteiger charge is 2.13. The van der Waals surface area contributed by atoms with Gasteiger partial charge < -0.3 is 10.1 Å². The molecule has 1 N–H and O–H groups in total. The van der Waals surface area contributed by atoms with Crippen LogP contribution in [0.5, 0.6) is 5.75 Å². The second-order valence-corrected chi connectivity index (χ2v) is 4.56. The molecule has 0 aliphatic carbocycles. The Morgan fingerprint density at radius 2 is 2.05 bits per heavy atom. The van der Waals surface area contributed by atoms with E-state index in [1.54, 1.807) is 32.2 Å². The molecular formula is C15H15FN2O3. The lowest BCUT2D eigenvalue weighted by molar-refractivity contribution is -0.384. The average molecular weight is 290 g/mol. The van der Waals surface area contributed by atoms with Gasteiger partial charge in [0.15, 0.2) is 0 Å². The number of nitrogens with zero attached hydrogens (tertiary/aromatic N) is 1. The molecule has 0 fully saturated rings. The maximum Gasteiger partial charge on any atom is 0.292 e. The minimum atomic E-state index is -0.446. The number of ether oxygens (including phenoxy) is 1. The topological polar surface area (TPSA) is 64.4 Å². The molecule has 0 saturated carbocycles. The predicted molar refractivity (Wildman–Crippen MR) is 78.1 cm³/mol. The van der Waals surface area contributed by atoms with Crippen molar-refractivity contribution in [3.8, 4) is 5.75 Å². The first kappa shape index (κ1) is 14.8. The minimum absolute atomic E-state index is 0.00516. The lowest BCUT2D eigenvalue weighted by Gasteiger charge is -2.10. The average Bonchev–Trinajstić information content (AvgIpc) is 2.46. The molecule has 0 aliphatic heterocycles. The van der Waals surface area contributed by atoms with Crippen LogP contribution in [0.3, 0.4) is 0 Å². The molecule has 21 heavy (non-hydrogen) atoms. The molecule has 0 radical (unpaired) electrons. The SMILES string of the molecule is CNc1ccc(COc2ccc(F)cc2C)cc1[N+](=O)[O-]. The molecule has 0 atom stereocenters. The summed E-state index contributed by atoms with van der Waals surface area (Å²) in [6, 6.07) is 9.08. The Bertz CT molecular complexity index is 674. The molecule has 0 spiro atoms. The summed E-state index contributed by atoms with van der Waals surface area (Å²) in [7, 11) is 1.63. The first-order valence-corrected chi connectivity index (χ1v) is 6.35. The summed E-state index contributed by atoms with van der Waals surface area (Å²) < 4.78 is 18.6. The van der Waals surface area contributed by atoms with Gasteiger partial charge in [-0.3, -0.25) is 10.1 Å². The normalized spacial score (nSPS) is 10.2. The lowest BCUT2D eigenvalue weighted by Crippen LogP contribution is -2.01. The van der Waals surface area contributed by atoms with Crippen molar-refractivity contribution in [2.45, 2.75) is 13.5 Å².